The summed E-state index contributed by atoms with van der Waals surface area (Å²) in [6.07, 6.45) is -2.23. The fourth-order valence-corrected chi connectivity index (χ4v) is 2.93. The van der Waals surface area contributed by atoms with Gasteiger partial charge in [0.25, 0.3) is 5.89 Å². The fraction of sp³-hybridized carbons (Fsp3) is 0.190. The molecule has 14 heteroatoms. The number of ether oxygens (including phenoxy) is 1. The largest absolute Gasteiger partial charge is 0.471 e. The molecule has 0 unspecified atom stereocenters. The van der Waals surface area contributed by atoms with Gasteiger partial charge in [-0.2, -0.15) is 23.3 Å². The zero-order valence-corrected chi connectivity index (χ0v) is 18.5. The van der Waals surface area contributed by atoms with Gasteiger partial charge in [-0.15, -0.1) is 0 Å². The highest BCUT2D eigenvalue weighted by molar-refractivity contribution is 6.23. The molecule has 3 aromatic rings. The Labute approximate surface area is 197 Å². The number of aromatic nitrogens is 3. The zero-order chi connectivity index (χ0) is 25.4. The number of halogens is 3. The van der Waals surface area contributed by atoms with E-state index in [4.69, 9.17) is 26.7 Å². The summed E-state index contributed by atoms with van der Waals surface area (Å²) in [5.74, 6) is 11.4. The Morgan fingerprint density at radius 1 is 1.26 bits per heavy atom. The lowest BCUT2D eigenvalue weighted by Crippen LogP contribution is -2.32. The van der Waals surface area contributed by atoms with E-state index in [-0.39, 0.29) is 24.2 Å². The number of nitrogens with two attached hydrogens (primary N) is 3. The number of aliphatic imine (C=N–C) groups is 1. The minimum atomic E-state index is -4.49. The van der Waals surface area contributed by atoms with Crippen LogP contribution in [-0.2, 0) is 12.6 Å². The minimum absolute atomic E-state index is 0.0223. The lowest BCUT2D eigenvalue weighted by molar-refractivity contribution is -0.137. The summed E-state index contributed by atoms with van der Waals surface area (Å²) in [6.45, 7) is -0.154. The van der Waals surface area contributed by atoms with E-state index in [1.165, 1.54) is 13.2 Å². The van der Waals surface area contributed by atoms with Crippen LogP contribution in [0.1, 0.15) is 17.0 Å². The van der Waals surface area contributed by atoms with Crippen molar-refractivity contribution in [2.24, 2.45) is 27.5 Å². The van der Waals surface area contributed by atoms with Crippen molar-refractivity contribution in [1.82, 2.24) is 20.6 Å². The lowest BCUT2D eigenvalue weighted by atomic mass is 10.1. The van der Waals surface area contributed by atoms with Gasteiger partial charge in [-0.3, -0.25) is 4.99 Å². The van der Waals surface area contributed by atoms with Crippen LogP contribution in [0.5, 0.6) is 5.88 Å². The molecule has 35 heavy (non-hydrogen) atoms. The van der Waals surface area contributed by atoms with E-state index in [0.29, 0.717) is 35.3 Å². The molecular weight excluding hydrogens is 467 g/mol. The number of hydrogen-bond donors (Lipinski definition) is 4. The molecule has 0 aliphatic heterocycles. The SMILES string of the molecule is CN=C(COc1ccc(C(F)(F)F)cn1)/C(=C\N)c1nc(-c2cccc(C/C(=N/N)NN)c2)no1. The Kier molecular flexibility index (Phi) is 7.99. The number of nitrogens with one attached hydrogen (secondary N) is 1. The van der Waals surface area contributed by atoms with Crippen molar-refractivity contribution in [2.45, 2.75) is 12.6 Å². The van der Waals surface area contributed by atoms with Crippen molar-refractivity contribution in [3.05, 3.63) is 65.8 Å². The van der Waals surface area contributed by atoms with Crippen LogP contribution in [0.25, 0.3) is 17.0 Å². The number of alkyl halides is 3. The Bertz CT molecular complexity index is 1240. The van der Waals surface area contributed by atoms with Gasteiger partial charge in [0.2, 0.25) is 11.7 Å². The van der Waals surface area contributed by atoms with Gasteiger partial charge in [0.05, 0.1) is 16.8 Å². The quantitative estimate of drug-likeness (QED) is 0.159. The van der Waals surface area contributed by atoms with Crippen LogP contribution in [0.3, 0.4) is 0 Å². The van der Waals surface area contributed by atoms with Gasteiger partial charge in [-0.25, -0.2) is 10.8 Å². The minimum Gasteiger partial charge on any atom is -0.471 e. The number of hydrazone groups is 1. The predicted octanol–water partition coefficient (Wildman–Crippen LogP) is 1.88. The zero-order valence-electron chi connectivity index (χ0n) is 18.5. The van der Waals surface area contributed by atoms with Crippen molar-refractivity contribution in [2.75, 3.05) is 13.7 Å². The first-order valence-corrected chi connectivity index (χ1v) is 9.99. The molecule has 0 bridgehead atoms. The molecule has 0 saturated carbocycles. The van der Waals surface area contributed by atoms with Gasteiger partial charge >= 0.3 is 6.18 Å². The molecule has 0 radical (unpaired) electrons. The van der Waals surface area contributed by atoms with E-state index >= 15 is 0 Å². The van der Waals surface area contributed by atoms with Crippen LogP contribution in [0.15, 0.2) is 63.4 Å². The van der Waals surface area contributed by atoms with Gasteiger partial charge in [-0.05, 0) is 17.7 Å². The maximum absolute atomic E-state index is 12.7. The molecule has 0 atom stereocenters. The third-order valence-corrected chi connectivity index (χ3v) is 4.70. The van der Waals surface area contributed by atoms with Crippen molar-refractivity contribution in [3.8, 4) is 17.3 Å². The summed E-state index contributed by atoms with van der Waals surface area (Å²) in [6, 6.07) is 9.24. The maximum Gasteiger partial charge on any atom is 0.417 e. The first kappa shape index (κ1) is 25.2. The Balaban J connectivity index is 1.74. The molecule has 0 aliphatic carbocycles. The molecule has 11 nitrogen and oxygen atoms in total. The number of benzene rings is 1. The molecule has 2 heterocycles. The molecule has 0 amide bonds. The van der Waals surface area contributed by atoms with Crippen LogP contribution in [0.4, 0.5) is 13.2 Å². The average Bonchev–Trinajstić information content (AvgIpc) is 3.35. The van der Waals surface area contributed by atoms with Gasteiger partial charge in [0, 0.05) is 37.5 Å². The molecule has 2 aromatic heterocycles. The van der Waals surface area contributed by atoms with Crippen molar-refractivity contribution in [3.63, 3.8) is 0 Å². The second-order valence-corrected chi connectivity index (χ2v) is 6.94. The summed E-state index contributed by atoms with van der Waals surface area (Å²) in [5.41, 5.74) is 9.40. The average molecular weight is 489 g/mol. The van der Waals surface area contributed by atoms with E-state index in [0.717, 1.165) is 17.7 Å². The first-order chi connectivity index (χ1) is 16.8. The summed E-state index contributed by atoms with van der Waals surface area (Å²) in [4.78, 5) is 12.2. The number of amidine groups is 1. The van der Waals surface area contributed by atoms with E-state index in [1.54, 1.807) is 12.1 Å². The van der Waals surface area contributed by atoms with Gasteiger partial charge in [-0.1, -0.05) is 23.4 Å². The van der Waals surface area contributed by atoms with Crippen molar-refractivity contribution >= 4 is 17.1 Å². The van der Waals surface area contributed by atoms with Gasteiger partial charge < -0.3 is 26.3 Å². The monoisotopic (exact) mass is 489 g/mol. The van der Waals surface area contributed by atoms with E-state index in [9.17, 15) is 13.2 Å². The molecular formula is C21H22F3N9O2. The third-order valence-electron chi connectivity index (χ3n) is 4.70. The maximum atomic E-state index is 12.7. The van der Waals surface area contributed by atoms with Crippen LogP contribution in [0.2, 0.25) is 0 Å². The number of hydrazine groups is 1. The molecule has 0 aliphatic rings. The Morgan fingerprint density at radius 3 is 2.66 bits per heavy atom. The first-order valence-electron chi connectivity index (χ1n) is 9.99. The van der Waals surface area contributed by atoms with Gasteiger partial charge in [0.15, 0.2) is 0 Å². The van der Waals surface area contributed by atoms with Crippen LogP contribution in [0, 0.1) is 0 Å². The highest BCUT2D eigenvalue weighted by atomic mass is 19.4. The predicted molar refractivity (Wildman–Crippen MR) is 123 cm³/mol. The normalized spacial score (nSPS) is 13.1. The van der Waals surface area contributed by atoms with Gasteiger partial charge in [0.1, 0.15) is 12.4 Å². The summed E-state index contributed by atoms with van der Waals surface area (Å²) < 4.78 is 48.9. The second-order valence-electron chi connectivity index (χ2n) is 6.94. The Hall–Kier alpha value is -4.46. The summed E-state index contributed by atoms with van der Waals surface area (Å²) >= 11 is 0. The molecule has 1 aromatic carbocycles. The van der Waals surface area contributed by atoms with Crippen LogP contribution in [-0.4, -0.2) is 40.3 Å². The number of hydrogen-bond acceptors (Lipinski definition) is 10. The highest BCUT2D eigenvalue weighted by Gasteiger charge is 2.30. The molecule has 0 saturated heterocycles. The number of pyridine rings is 1. The standard InChI is InChI=1S/C21H22F3N9O2/c1-28-16(11-34-18-6-5-14(10-29-18)21(22,23)24)15(9-25)20-30-19(33-35-20)13-4-2-3-12(7-13)8-17(31-26)32-27/h2-7,9-10H,8,11,25-27H2,1H3,(H,31,32)/b15-9+,28-16?. The fourth-order valence-electron chi connectivity index (χ4n) is 2.93. The van der Waals surface area contributed by atoms with E-state index < -0.39 is 11.7 Å². The van der Waals surface area contributed by atoms with Crippen molar-refractivity contribution < 1.29 is 22.4 Å². The number of nitrogens with zero attached hydrogens (tertiary/aromatic N) is 5. The number of rotatable bonds is 8. The second kappa shape index (κ2) is 11.1. The molecule has 184 valence electrons. The van der Waals surface area contributed by atoms with E-state index in [1.807, 2.05) is 12.1 Å². The molecule has 7 N–H and O–H groups in total. The Morgan fingerprint density at radius 2 is 2.06 bits per heavy atom. The van der Waals surface area contributed by atoms with Crippen LogP contribution >= 0.6 is 0 Å². The summed E-state index contributed by atoms with van der Waals surface area (Å²) in [7, 11) is 1.49. The van der Waals surface area contributed by atoms with Crippen molar-refractivity contribution in [1.29, 1.82) is 0 Å². The summed E-state index contributed by atoms with van der Waals surface area (Å²) in [5, 5.41) is 7.55. The van der Waals surface area contributed by atoms with Crippen LogP contribution < -0.4 is 27.6 Å². The smallest absolute Gasteiger partial charge is 0.417 e. The molecule has 0 fully saturated rings. The highest BCUT2D eigenvalue weighted by Crippen LogP contribution is 2.29. The lowest BCUT2D eigenvalue weighted by Gasteiger charge is -2.10. The third kappa shape index (κ3) is 6.32. The van der Waals surface area contributed by atoms with E-state index in [2.05, 4.69) is 30.6 Å². The molecule has 0 spiro atoms. The topological polar surface area (TPSA) is 176 Å². The molecule has 3 rings (SSSR count).